The van der Waals surface area contributed by atoms with Gasteiger partial charge in [0.1, 0.15) is 23.8 Å². The van der Waals surface area contributed by atoms with Gasteiger partial charge < -0.3 is 19.0 Å². The van der Waals surface area contributed by atoms with Gasteiger partial charge in [-0.2, -0.15) is 4.98 Å². The van der Waals surface area contributed by atoms with Gasteiger partial charge in [-0.05, 0) is 43.7 Å². The van der Waals surface area contributed by atoms with Crippen LogP contribution in [0.1, 0.15) is 30.5 Å². The zero-order valence-electron chi connectivity index (χ0n) is 17.7. The summed E-state index contributed by atoms with van der Waals surface area (Å²) in [5, 5.41) is 7.90. The van der Waals surface area contributed by atoms with Gasteiger partial charge in [0.15, 0.2) is 0 Å². The van der Waals surface area contributed by atoms with Gasteiger partial charge in [0.2, 0.25) is 11.7 Å². The van der Waals surface area contributed by atoms with Crippen LogP contribution in [0.2, 0.25) is 0 Å². The number of ether oxygens (including phenoxy) is 1. The number of aromatic nitrogens is 3. The van der Waals surface area contributed by atoms with Crippen molar-refractivity contribution in [2.45, 2.75) is 25.4 Å². The second-order valence-corrected chi connectivity index (χ2v) is 7.75. The highest BCUT2D eigenvalue weighted by atomic mass is 16.5. The third-order valence-electron chi connectivity index (χ3n) is 5.49. The smallest absolute Gasteiger partial charge is 0.251 e. The maximum absolute atomic E-state index is 11.6. The summed E-state index contributed by atoms with van der Waals surface area (Å²) in [4.78, 5) is 22.8. The lowest BCUT2D eigenvalue weighted by Crippen LogP contribution is -2.22. The highest BCUT2D eigenvalue weighted by Crippen LogP contribution is 2.34. The van der Waals surface area contributed by atoms with E-state index in [0.29, 0.717) is 29.6 Å². The molecule has 0 spiro atoms. The average molecular weight is 433 g/mol. The molecule has 1 aliphatic heterocycles. The lowest BCUT2D eigenvalue weighted by atomic mass is 10.2. The van der Waals surface area contributed by atoms with Crippen LogP contribution in [0.15, 0.2) is 57.6 Å². The van der Waals surface area contributed by atoms with Crippen LogP contribution in [0.3, 0.4) is 0 Å². The third kappa shape index (κ3) is 4.25. The van der Waals surface area contributed by atoms with Crippen molar-refractivity contribution in [2.24, 2.45) is 0 Å². The van der Waals surface area contributed by atoms with Gasteiger partial charge in [-0.1, -0.05) is 23.4 Å². The Morgan fingerprint density at radius 1 is 1.28 bits per heavy atom. The standard InChI is InChI=1S/C23H23N5O4/c1-30-14-21(29)25-20-9-8-16(12-24-20)22-26-23(32-27-22)18-6-4-10-28(18)13-17-11-15-5-2-3-7-19(15)31-17/h2-3,5,7-9,11-12,18H,4,6,10,13-14H2,1H3,(H,24,25,29)/t18-/m1/s1. The Labute approximate surface area is 184 Å². The molecule has 0 bridgehead atoms. The van der Waals surface area contributed by atoms with Crippen LogP contribution in [-0.4, -0.2) is 46.2 Å². The number of hydrogen-bond acceptors (Lipinski definition) is 8. The first-order valence-electron chi connectivity index (χ1n) is 10.5. The zero-order chi connectivity index (χ0) is 21.9. The molecule has 5 rings (SSSR count). The van der Waals surface area contributed by atoms with E-state index < -0.39 is 0 Å². The number of carbonyl (C=O) groups is 1. The molecule has 9 nitrogen and oxygen atoms in total. The molecule has 1 aliphatic rings. The fraction of sp³-hybridized carbons (Fsp3) is 0.304. The fourth-order valence-electron chi connectivity index (χ4n) is 4.01. The third-order valence-corrected chi connectivity index (χ3v) is 5.49. The highest BCUT2D eigenvalue weighted by Gasteiger charge is 2.31. The van der Waals surface area contributed by atoms with Gasteiger partial charge in [-0.25, -0.2) is 4.98 Å². The van der Waals surface area contributed by atoms with Crippen molar-refractivity contribution >= 4 is 22.7 Å². The summed E-state index contributed by atoms with van der Waals surface area (Å²) in [6.07, 6.45) is 3.61. The topological polar surface area (TPSA) is 107 Å². The van der Waals surface area contributed by atoms with Gasteiger partial charge >= 0.3 is 0 Å². The van der Waals surface area contributed by atoms with E-state index in [4.69, 9.17) is 13.7 Å². The van der Waals surface area contributed by atoms with E-state index >= 15 is 0 Å². The maximum atomic E-state index is 11.6. The summed E-state index contributed by atoms with van der Waals surface area (Å²) < 4.78 is 16.4. The van der Waals surface area contributed by atoms with Crippen LogP contribution in [0, 0.1) is 0 Å². The van der Waals surface area contributed by atoms with Crippen molar-refractivity contribution in [3.8, 4) is 11.4 Å². The number of anilines is 1. The van der Waals surface area contributed by atoms with Crippen LogP contribution in [0.5, 0.6) is 0 Å². The molecule has 1 saturated heterocycles. The number of methoxy groups -OCH3 is 1. The SMILES string of the molecule is COCC(=O)Nc1ccc(-c2noc([C@H]3CCCN3Cc3cc4ccccc4o3)n2)cn1. The summed E-state index contributed by atoms with van der Waals surface area (Å²) in [5.74, 6) is 2.16. The van der Waals surface area contributed by atoms with Gasteiger partial charge in [0.05, 0.1) is 12.6 Å². The number of para-hydroxylation sites is 1. The minimum Gasteiger partial charge on any atom is -0.460 e. The second kappa shape index (κ2) is 8.89. The van der Waals surface area contributed by atoms with E-state index in [0.717, 1.165) is 36.1 Å². The number of hydrogen-bond donors (Lipinski definition) is 1. The van der Waals surface area contributed by atoms with Crippen LogP contribution in [-0.2, 0) is 16.1 Å². The molecule has 0 unspecified atom stereocenters. The summed E-state index contributed by atoms with van der Waals surface area (Å²) in [7, 11) is 1.46. The van der Waals surface area contributed by atoms with Crippen LogP contribution in [0.4, 0.5) is 5.82 Å². The Morgan fingerprint density at radius 3 is 3.00 bits per heavy atom. The summed E-state index contributed by atoms with van der Waals surface area (Å²) in [5.41, 5.74) is 1.61. The first-order valence-corrected chi connectivity index (χ1v) is 10.5. The van der Waals surface area contributed by atoms with E-state index in [9.17, 15) is 4.79 Å². The van der Waals surface area contributed by atoms with Crippen molar-refractivity contribution in [2.75, 3.05) is 25.6 Å². The molecule has 1 N–H and O–H groups in total. The first-order chi connectivity index (χ1) is 15.7. The molecule has 1 aromatic carbocycles. The number of furan rings is 1. The Bertz CT molecular complexity index is 1180. The van der Waals surface area contributed by atoms with Gasteiger partial charge in [-0.15, -0.1) is 0 Å². The lowest BCUT2D eigenvalue weighted by molar-refractivity contribution is -0.119. The lowest BCUT2D eigenvalue weighted by Gasteiger charge is -2.19. The molecule has 4 heterocycles. The summed E-state index contributed by atoms with van der Waals surface area (Å²) in [6, 6.07) is 13.6. The van der Waals surface area contributed by atoms with E-state index in [1.165, 1.54) is 7.11 Å². The number of pyridine rings is 1. The molecule has 1 fully saturated rings. The number of carbonyl (C=O) groups excluding carboxylic acids is 1. The van der Waals surface area contributed by atoms with Crippen molar-refractivity contribution in [1.82, 2.24) is 20.0 Å². The quantitative estimate of drug-likeness (QED) is 0.469. The van der Waals surface area contributed by atoms with Crippen LogP contribution in [0.25, 0.3) is 22.4 Å². The van der Waals surface area contributed by atoms with Crippen molar-refractivity contribution in [1.29, 1.82) is 0 Å². The van der Waals surface area contributed by atoms with Crippen molar-refractivity contribution < 1.29 is 18.5 Å². The molecular weight excluding hydrogens is 410 g/mol. The zero-order valence-corrected chi connectivity index (χ0v) is 17.7. The molecule has 32 heavy (non-hydrogen) atoms. The number of benzene rings is 1. The molecule has 9 heteroatoms. The molecule has 164 valence electrons. The Kier molecular flexibility index (Phi) is 5.66. The monoisotopic (exact) mass is 433 g/mol. The molecule has 1 amide bonds. The Balaban J connectivity index is 1.28. The molecule has 1 atom stereocenters. The summed E-state index contributed by atoms with van der Waals surface area (Å²) in [6.45, 7) is 1.61. The van der Waals surface area contributed by atoms with Gasteiger partial charge in [-0.3, -0.25) is 9.69 Å². The molecule has 0 radical (unpaired) electrons. The van der Waals surface area contributed by atoms with E-state index in [1.807, 2.05) is 18.2 Å². The average Bonchev–Trinajstić information content (AvgIpc) is 3.53. The molecule has 0 saturated carbocycles. The van der Waals surface area contributed by atoms with E-state index in [-0.39, 0.29) is 18.6 Å². The fourth-order valence-corrected chi connectivity index (χ4v) is 4.01. The summed E-state index contributed by atoms with van der Waals surface area (Å²) >= 11 is 0. The van der Waals surface area contributed by atoms with Crippen LogP contribution >= 0.6 is 0 Å². The number of amides is 1. The predicted molar refractivity (Wildman–Crippen MR) is 117 cm³/mol. The molecule has 0 aliphatic carbocycles. The van der Waals surface area contributed by atoms with Crippen molar-refractivity contribution in [3.05, 3.63) is 60.3 Å². The normalized spacial score (nSPS) is 16.6. The van der Waals surface area contributed by atoms with E-state index in [2.05, 4.69) is 37.5 Å². The van der Waals surface area contributed by atoms with Crippen LogP contribution < -0.4 is 5.32 Å². The number of fused-ring (bicyclic) bond motifs is 1. The number of likely N-dealkylation sites (tertiary alicyclic amines) is 1. The second-order valence-electron chi connectivity index (χ2n) is 7.75. The number of rotatable bonds is 7. The highest BCUT2D eigenvalue weighted by molar-refractivity contribution is 5.90. The largest absolute Gasteiger partial charge is 0.460 e. The number of nitrogens with zero attached hydrogens (tertiary/aromatic N) is 4. The van der Waals surface area contributed by atoms with E-state index in [1.54, 1.807) is 18.3 Å². The number of nitrogens with one attached hydrogen (secondary N) is 1. The van der Waals surface area contributed by atoms with Gasteiger partial charge in [0, 0.05) is 24.3 Å². The molecule has 4 aromatic rings. The van der Waals surface area contributed by atoms with Gasteiger partial charge in [0.25, 0.3) is 5.91 Å². The Hall–Kier alpha value is -3.56. The first kappa shape index (κ1) is 20.3. The molecular formula is C23H23N5O4. The maximum Gasteiger partial charge on any atom is 0.251 e. The minimum atomic E-state index is -0.264. The van der Waals surface area contributed by atoms with Crippen molar-refractivity contribution in [3.63, 3.8) is 0 Å². The minimum absolute atomic E-state index is 0.0243. The Morgan fingerprint density at radius 2 is 2.19 bits per heavy atom. The predicted octanol–water partition coefficient (Wildman–Crippen LogP) is 3.80. The molecule has 3 aromatic heterocycles.